The minimum atomic E-state index is -0.519. The topological polar surface area (TPSA) is 49.4 Å². The second-order valence-electron chi connectivity index (χ2n) is 5.21. The first-order chi connectivity index (χ1) is 8.65. The first-order valence-electron chi connectivity index (χ1n) is 6.40. The van der Waals surface area contributed by atoms with Crippen LogP contribution in [0.2, 0.25) is 0 Å². The van der Waals surface area contributed by atoms with Gasteiger partial charge in [-0.3, -0.25) is 9.59 Å². The number of nitrogens with one attached hydrogen (secondary N) is 1. The zero-order valence-corrected chi connectivity index (χ0v) is 10.4. The van der Waals surface area contributed by atoms with E-state index in [2.05, 4.69) is 17.1 Å². The van der Waals surface area contributed by atoms with Gasteiger partial charge in [-0.1, -0.05) is 6.92 Å². The third-order valence-corrected chi connectivity index (χ3v) is 3.72. The van der Waals surface area contributed by atoms with Crippen LogP contribution >= 0.6 is 0 Å². The van der Waals surface area contributed by atoms with Crippen molar-refractivity contribution in [2.75, 3.05) is 23.3 Å². The summed E-state index contributed by atoms with van der Waals surface area (Å²) in [6.07, 6.45) is 2.47. The quantitative estimate of drug-likeness (QED) is 0.769. The molecule has 0 aliphatic carbocycles. The number of amides is 1. The second kappa shape index (κ2) is 4.12. The Morgan fingerprint density at radius 1 is 1.33 bits per heavy atom. The zero-order chi connectivity index (χ0) is 12.7. The molecule has 0 radical (unpaired) electrons. The van der Waals surface area contributed by atoms with Gasteiger partial charge in [-0.15, -0.1) is 0 Å². The van der Waals surface area contributed by atoms with E-state index in [1.165, 1.54) is 12.8 Å². The Kier molecular flexibility index (Phi) is 2.58. The Hall–Kier alpha value is -1.84. The number of piperidine rings is 1. The fourth-order valence-corrected chi connectivity index (χ4v) is 2.76. The van der Waals surface area contributed by atoms with Gasteiger partial charge in [0.1, 0.15) is 0 Å². The van der Waals surface area contributed by atoms with Crippen LogP contribution in [0.5, 0.6) is 0 Å². The Morgan fingerprint density at radius 3 is 2.94 bits per heavy atom. The molecular weight excluding hydrogens is 228 g/mol. The molecule has 1 amide bonds. The molecular formula is C14H16N2O2. The monoisotopic (exact) mass is 244 g/mol. The van der Waals surface area contributed by atoms with Crippen molar-refractivity contribution in [3.63, 3.8) is 0 Å². The number of benzene rings is 1. The van der Waals surface area contributed by atoms with Crippen molar-refractivity contribution in [3.8, 4) is 0 Å². The van der Waals surface area contributed by atoms with Crippen molar-refractivity contribution in [1.82, 2.24) is 0 Å². The molecule has 0 aromatic heterocycles. The van der Waals surface area contributed by atoms with Gasteiger partial charge in [-0.25, -0.2) is 0 Å². The molecule has 2 heterocycles. The molecule has 0 spiro atoms. The highest BCUT2D eigenvalue weighted by Crippen LogP contribution is 2.30. The van der Waals surface area contributed by atoms with E-state index >= 15 is 0 Å². The summed E-state index contributed by atoms with van der Waals surface area (Å²) in [6.45, 7) is 4.34. The molecule has 1 aromatic carbocycles. The standard InChI is InChI=1S/C14H16N2O2/c1-9-3-2-6-16(8-9)10-4-5-11-12(7-10)15-14(18)13(11)17/h4-5,7,9H,2-3,6,8H2,1H3,(H,15,17,18). The normalized spacial score (nSPS) is 22.9. The highest BCUT2D eigenvalue weighted by molar-refractivity contribution is 6.51. The molecule has 0 saturated carbocycles. The van der Waals surface area contributed by atoms with Crippen molar-refractivity contribution >= 4 is 23.1 Å². The summed E-state index contributed by atoms with van der Waals surface area (Å²) in [5.41, 5.74) is 2.24. The highest BCUT2D eigenvalue weighted by atomic mass is 16.2. The lowest BCUT2D eigenvalue weighted by Crippen LogP contribution is -2.34. The van der Waals surface area contributed by atoms with E-state index in [1.54, 1.807) is 6.07 Å². The molecule has 1 aromatic rings. The lowest BCUT2D eigenvalue weighted by atomic mass is 9.99. The van der Waals surface area contributed by atoms with Gasteiger partial charge >= 0.3 is 0 Å². The number of carbonyl (C=O) groups is 2. The van der Waals surface area contributed by atoms with Crippen LogP contribution in [0.15, 0.2) is 18.2 Å². The van der Waals surface area contributed by atoms with E-state index in [0.717, 1.165) is 18.8 Å². The summed E-state index contributed by atoms with van der Waals surface area (Å²) in [5, 5.41) is 2.62. The number of ketones is 1. The van der Waals surface area contributed by atoms with Crippen molar-refractivity contribution < 1.29 is 9.59 Å². The number of rotatable bonds is 1. The van der Waals surface area contributed by atoms with Gasteiger partial charge < -0.3 is 10.2 Å². The molecule has 3 rings (SSSR count). The van der Waals surface area contributed by atoms with Gasteiger partial charge in [0.2, 0.25) is 0 Å². The Balaban J connectivity index is 1.89. The number of Topliss-reactive ketones (excluding diaryl/α,β-unsaturated/α-hetero) is 1. The minimum absolute atomic E-state index is 0.427. The summed E-state index contributed by atoms with van der Waals surface area (Å²) in [4.78, 5) is 25.1. The zero-order valence-electron chi connectivity index (χ0n) is 10.4. The Morgan fingerprint density at radius 2 is 2.17 bits per heavy atom. The third-order valence-electron chi connectivity index (χ3n) is 3.72. The minimum Gasteiger partial charge on any atom is -0.371 e. The first kappa shape index (κ1) is 11.3. The second-order valence-corrected chi connectivity index (χ2v) is 5.21. The summed E-state index contributed by atoms with van der Waals surface area (Å²) in [5.74, 6) is -0.249. The van der Waals surface area contributed by atoms with Crippen LogP contribution in [0.3, 0.4) is 0 Å². The predicted molar refractivity (Wildman–Crippen MR) is 70.0 cm³/mol. The van der Waals surface area contributed by atoms with Gasteiger partial charge in [0.05, 0.1) is 11.3 Å². The molecule has 94 valence electrons. The van der Waals surface area contributed by atoms with Gasteiger partial charge in [-0.05, 0) is 37.0 Å². The average Bonchev–Trinajstić information content (AvgIpc) is 2.65. The maximum atomic E-state index is 11.5. The highest BCUT2D eigenvalue weighted by Gasteiger charge is 2.28. The largest absolute Gasteiger partial charge is 0.371 e. The fraction of sp³-hybridized carbons (Fsp3) is 0.429. The number of hydrogen-bond acceptors (Lipinski definition) is 3. The lowest BCUT2D eigenvalue weighted by Gasteiger charge is -2.33. The summed E-state index contributed by atoms with van der Waals surface area (Å²) < 4.78 is 0. The smallest absolute Gasteiger partial charge is 0.296 e. The predicted octanol–water partition coefficient (Wildman–Crippen LogP) is 2.06. The molecule has 18 heavy (non-hydrogen) atoms. The van der Waals surface area contributed by atoms with Crippen LogP contribution in [0.4, 0.5) is 11.4 Å². The van der Waals surface area contributed by atoms with Gasteiger partial charge in [-0.2, -0.15) is 0 Å². The van der Waals surface area contributed by atoms with Crippen molar-refractivity contribution in [1.29, 1.82) is 0 Å². The molecule has 1 N–H and O–H groups in total. The van der Waals surface area contributed by atoms with Crippen molar-refractivity contribution in [2.45, 2.75) is 19.8 Å². The molecule has 1 fully saturated rings. The molecule has 1 saturated heterocycles. The van der Waals surface area contributed by atoms with Gasteiger partial charge in [0.15, 0.2) is 0 Å². The van der Waals surface area contributed by atoms with Crippen LogP contribution in [-0.2, 0) is 4.79 Å². The maximum Gasteiger partial charge on any atom is 0.296 e. The first-order valence-corrected chi connectivity index (χ1v) is 6.40. The summed E-state index contributed by atoms with van der Waals surface area (Å²) in [6, 6.07) is 5.61. The number of hydrogen-bond donors (Lipinski definition) is 1. The molecule has 4 heteroatoms. The fourth-order valence-electron chi connectivity index (χ4n) is 2.76. The van der Waals surface area contributed by atoms with Crippen LogP contribution in [0, 0.1) is 5.92 Å². The van der Waals surface area contributed by atoms with E-state index in [9.17, 15) is 9.59 Å². The number of carbonyl (C=O) groups excluding carboxylic acids is 2. The van der Waals surface area contributed by atoms with E-state index < -0.39 is 11.7 Å². The van der Waals surface area contributed by atoms with Crippen molar-refractivity contribution in [2.24, 2.45) is 5.92 Å². The van der Waals surface area contributed by atoms with Crippen molar-refractivity contribution in [3.05, 3.63) is 23.8 Å². The summed E-state index contributed by atoms with van der Waals surface area (Å²) >= 11 is 0. The maximum absolute atomic E-state index is 11.5. The van der Waals surface area contributed by atoms with E-state index in [-0.39, 0.29) is 0 Å². The number of anilines is 2. The molecule has 4 nitrogen and oxygen atoms in total. The van der Waals surface area contributed by atoms with Gasteiger partial charge in [0, 0.05) is 18.8 Å². The Labute approximate surface area is 106 Å². The number of fused-ring (bicyclic) bond motifs is 1. The van der Waals surface area contributed by atoms with Crippen LogP contribution in [0.25, 0.3) is 0 Å². The van der Waals surface area contributed by atoms with E-state index in [4.69, 9.17) is 0 Å². The van der Waals surface area contributed by atoms with E-state index in [0.29, 0.717) is 17.2 Å². The lowest BCUT2D eigenvalue weighted by molar-refractivity contribution is -0.112. The summed E-state index contributed by atoms with van der Waals surface area (Å²) in [7, 11) is 0. The average molecular weight is 244 g/mol. The van der Waals surface area contributed by atoms with Crippen LogP contribution in [0.1, 0.15) is 30.1 Å². The molecule has 0 bridgehead atoms. The molecule has 2 aliphatic rings. The molecule has 1 unspecified atom stereocenters. The third kappa shape index (κ3) is 1.78. The van der Waals surface area contributed by atoms with Crippen LogP contribution in [-0.4, -0.2) is 24.8 Å². The molecule has 2 aliphatic heterocycles. The number of nitrogens with zero attached hydrogens (tertiary/aromatic N) is 1. The Bertz CT molecular complexity index is 525. The SMILES string of the molecule is CC1CCCN(c2ccc3c(c2)NC(=O)C3=O)C1. The van der Waals surface area contributed by atoms with Gasteiger partial charge in [0.25, 0.3) is 11.7 Å². The van der Waals surface area contributed by atoms with Crippen LogP contribution < -0.4 is 10.2 Å². The van der Waals surface area contributed by atoms with E-state index in [1.807, 2.05) is 12.1 Å². The molecule has 1 atom stereocenters.